The van der Waals surface area contributed by atoms with Gasteiger partial charge in [0.1, 0.15) is 0 Å². The van der Waals surface area contributed by atoms with Gasteiger partial charge in [0, 0.05) is 17.6 Å². The third-order valence-electron chi connectivity index (χ3n) is 4.26. The van der Waals surface area contributed by atoms with Crippen LogP contribution in [-0.4, -0.2) is 34.0 Å². The van der Waals surface area contributed by atoms with E-state index in [1.807, 2.05) is 4.90 Å². The van der Waals surface area contributed by atoms with Crippen LogP contribution < -0.4 is 0 Å². The first-order valence-electron chi connectivity index (χ1n) is 7.66. The summed E-state index contributed by atoms with van der Waals surface area (Å²) in [5, 5.41) is 8.87. The first-order chi connectivity index (χ1) is 10.0. The molecular formula is C17H23NO3. The number of aliphatic carboxylic acids is 1. The molecule has 1 heterocycles. The monoisotopic (exact) mass is 289 g/mol. The van der Waals surface area contributed by atoms with Gasteiger partial charge in [0.15, 0.2) is 0 Å². The number of nitrogens with zero attached hydrogens (tertiary/aromatic N) is 1. The second-order valence-electron chi connectivity index (χ2n) is 5.83. The van der Waals surface area contributed by atoms with Crippen molar-refractivity contribution in [3.8, 4) is 0 Å². The third-order valence-corrected chi connectivity index (χ3v) is 4.26. The minimum absolute atomic E-state index is 0.0290. The first kappa shape index (κ1) is 15.5. The lowest BCUT2D eigenvalue weighted by molar-refractivity contribution is -0.136. The van der Waals surface area contributed by atoms with Crippen molar-refractivity contribution in [1.82, 2.24) is 4.90 Å². The summed E-state index contributed by atoms with van der Waals surface area (Å²) < 4.78 is 0. The second-order valence-corrected chi connectivity index (χ2v) is 5.83. The average molecular weight is 289 g/mol. The van der Waals surface area contributed by atoms with Crippen molar-refractivity contribution in [1.29, 1.82) is 0 Å². The molecule has 2 atom stereocenters. The maximum atomic E-state index is 12.8. The van der Waals surface area contributed by atoms with Gasteiger partial charge in [-0.05, 0) is 50.3 Å². The molecule has 2 rings (SSSR count). The zero-order valence-corrected chi connectivity index (χ0v) is 12.7. The number of hydrogen-bond acceptors (Lipinski definition) is 2. The van der Waals surface area contributed by atoms with Crippen molar-refractivity contribution in [2.45, 2.75) is 58.0 Å². The van der Waals surface area contributed by atoms with E-state index in [1.54, 1.807) is 24.3 Å². The van der Waals surface area contributed by atoms with Gasteiger partial charge < -0.3 is 10.0 Å². The molecule has 0 aliphatic carbocycles. The molecule has 1 fully saturated rings. The van der Waals surface area contributed by atoms with Gasteiger partial charge in [0.25, 0.3) is 5.91 Å². The number of likely N-dealkylation sites (tertiary alicyclic amines) is 1. The molecule has 0 aromatic heterocycles. The number of carbonyl (C=O) groups excluding carboxylic acids is 1. The molecule has 114 valence electrons. The summed E-state index contributed by atoms with van der Waals surface area (Å²) in [6, 6.07) is 7.55. The Bertz CT molecular complexity index is 527. The fourth-order valence-corrected chi connectivity index (χ4v) is 3.19. The predicted octanol–water partition coefficient (Wildman–Crippen LogP) is 3.11. The number of hydrogen-bond donors (Lipinski definition) is 1. The number of carbonyl (C=O) groups is 2. The Balaban J connectivity index is 2.23. The van der Waals surface area contributed by atoms with E-state index >= 15 is 0 Å². The SMILES string of the molecule is CC[C@@H]1CCC[C@H](C)N1C(=O)c1cccc(CC(=O)O)c1. The molecule has 1 aromatic rings. The second kappa shape index (κ2) is 6.74. The molecule has 1 aliphatic heterocycles. The van der Waals surface area contributed by atoms with Crippen molar-refractivity contribution < 1.29 is 14.7 Å². The molecule has 1 aromatic carbocycles. The smallest absolute Gasteiger partial charge is 0.307 e. The summed E-state index contributed by atoms with van der Waals surface area (Å²) in [4.78, 5) is 25.6. The molecule has 4 nitrogen and oxygen atoms in total. The maximum absolute atomic E-state index is 12.8. The van der Waals surface area contributed by atoms with Crippen molar-refractivity contribution in [2.24, 2.45) is 0 Å². The molecule has 1 aliphatic rings. The van der Waals surface area contributed by atoms with Gasteiger partial charge in [-0.2, -0.15) is 0 Å². The molecule has 1 amide bonds. The summed E-state index contributed by atoms with van der Waals surface area (Å²) >= 11 is 0. The quantitative estimate of drug-likeness (QED) is 0.926. The third kappa shape index (κ3) is 3.63. The van der Waals surface area contributed by atoms with Crippen LogP contribution in [0.15, 0.2) is 24.3 Å². The summed E-state index contributed by atoms with van der Waals surface area (Å²) in [5.41, 5.74) is 1.27. The summed E-state index contributed by atoms with van der Waals surface area (Å²) in [6.07, 6.45) is 4.18. The Kier molecular flexibility index (Phi) is 4.99. The predicted molar refractivity (Wildman–Crippen MR) is 81.3 cm³/mol. The average Bonchev–Trinajstić information content (AvgIpc) is 2.45. The van der Waals surface area contributed by atoms with E-state index in [9.17, 15) is 9.59 Å². The van der Waals surface area contributed by atoms with Crippen LogP contribution in [0.25, 0.3) is 0 Å². The van der Waals surface area contributed by atoms with Crippen LogP contribution in [0.1, 0.15) is 55.5 Å². The Labute approximate surface area is 125 Å². The Morgan fingerprint density at radius 1 is 1.33 bits per heavy atom. The lowest BCUT2D eigenvalue weighted by atomic mass is 9.93. The van der Waals surface area contributed by atoms with Crippen LogP contribution in [0, 0.1) is 0 Å². The molecule has 0 bridgehead atoms. The Morgan fingerprint density at radius 2 is 2.10 bits per heavy atom. The lowest BCUT2D eigenvalue weighted by Gasteiger charge is -2.40. The van der Waals surface area contributed by atoms with Crippen LogP contribution in [0.5, 0.6) is 0 Å². The number of piperidine rings is 1. The van der Waals surface area contributed by atoms with Crippen LogP contribution in [0.2, 0.25) is 0 Å². The standard InChI is InChI=1S/C17H23NO3/c1-3-15-9-4-6-12(2)18(15)17(21)14-8-5-7-13(10-14)11-16(19)20/h5,7-8,10,12,15H,3-4,6,9,11H2,1-2H3,(H,19,20)/t12-,15+/m0/s1. The van der Waals surface area contributed by atoms with Crippen molar-refractivity contribution in [3.05, 3.63) is 35.4 Å². The molecule has 1 saturated heterocycles. The van der Waals surface area contributed by atoms with Crippen LogP contribution in [-0.2, 0) is 11.2 Å². The van der Waals surface area contributed by atoms with Crippen molar-refractivity contribution in [3.63, 3.8) is 0 Å². The van der Waals surface area contributed by atoms with Gasteiger partial charge >= 0.3 is 5.97 Å². The highest BCUT2D eigenvalue weighted by atomic mass is 16.4. The minimum atomic E-state index is -0.877. The Morgan fingerprint density at radius 3 is 2.76 bits per heavy atom. The molecular weight excluding hydrogens is 266 g/mol. The highest BCUT2D eigenvalue weighted by Crippen LogP contribution is 2.26. The van der Waals surface area contributed by atoms with E-state index in [4.69, 9.17) is 5.11 Å². The number of amides is 1. The zero-order chi connectivity index (χ0) is 15.4. The minimum Gasteiger partial charge on any atom is -0.481 e. The van der Waals surface area contributed by atoms with Crippen molar-refractivity contribution >= 4 is 11.9 Å². The molecule has 0 saturated carbocycles. The van der Waals surface area contributed by atoms with E-state index in [0.717, 1.165) is 19.3 Å². The molecule has 4 heteroatoms. The van der Waals surface area contributed by atoms with Crippen LogP contribution >= 0.6 is 0 Å². The van der Waals surface area contributed by atoms with Gasteiger partial charge in [-0.1, -0.05) is 19.1 Å². The topological polar surface area (TPSA) is 57.6 Å². The van der Waals surface area contributed by atoms with Gasteiger partial charge in [-0.15, -0.1) is 0 Å². The van der Waals surface area contributed by atoms with Gasteiger partial charge in [0.2, 0.25) is 0 Å². The number of carboxylic acids is 1. The lowest BCUT2D eigenvalue weighted by Crippen LogP contribution is -2.48. The molecule has 0 spiro atoms. The van der Waals surface area contributed by atoms with Crippen LogP contribution in [0.4, 0.5) is 0 Å². The fraction of sp³-hybridized carbons (Fsp3) is 0.529. The number of benzene rings is 1. The highest BCUT2D eigenvalue weighted by molar-refractivity contribution is 5.95. The summed E-state index contributed by atoms with van der Waals surface area (Å²) in [6.45, 7) is 4.21. The van der Waals surface area contributed by atoms with E-state index in [2.05, 4.69) is 13.8 Å². The van der Waals surface area contributed by atoms with Crippen LogP contribution in [0.3, 0.4) is 0 Å². The summed E-state index contributed by atoms with van der Waals surface area (Å²) in [7, 11) is 0. The fourth-order valence-electron chi connectivity index (χ4n) is 3.19. The molecule has 0 unspecified atom stereocenters. The summed E-state index contributed by atoms with van der Waals surface area (Å²) in [5.74, 6) is -0.848. The number of rotatable bonds is 4. The van der Waals surface area contributed by atoms with E-state index in [1.165, 1.54) is 6.42 Å². The van der Waals surface area contributed by atoms with E-state index < -0.39 is 5.97 Å². The maximum Gasteiger partial charge on any atom is 0.307 e. The molecule has 0 radical (unpaired) electrons. The van der Waals surface area contributed by atoms with E-state index in [0.29, 0.717) is 17.2 Å². The Hall–Kier alpha value is -1.84. The number of carboxylic acid groups (broad SMARTS) is 1. The molecule has 1 N–H and O–H groups in total. The van der Waals surface area contributed by atoms with Gasteiger partial charge in [0.05, 0.1) is 6.42 Å². The van der Waals surface area contributed by atoms with Gasteiger partial charge in [-0.25, -0.2) is 0 Å². The zero-order valence-electron chi connectivity index (χ0n) is 12.7. The molecule has 21 heavy (non-hydrogen) atoms. The van der Waals surface area contributed by atoms with E-state index in [-0.39, 0.29) is 18.4 Å². The largest absolute Gasteiger partial charge is 0.481 e. The normalized spacial score (nSPS) is 22.1. The van der Waals surface area contributed by atoms with Gasteiger partial charge in [-0.3, -0.25) is 9.59 Å². The van der Waals surface area contributed by atoms with Crippen molar-refractivity contribution in [2.75, 3.05) is 0 Å². The first-order valence-corrected chi connectivity index (χ1v) is 7.66. The highest BCUT2D eigenvalue weighted by Gasteiger charge is 2.31.